The van der Waals surface area contributed by atoms with Gasteiger partial charge in [0.15, 0.2) is 0 Å². The number of phenolic OH excluding ortho intramolecular Hbond substituents is 1. The highest BCUT2D eigenvalue weighted by Crippen LogP contribution is 2.27. The van der Waals surface area contributed by atoms with Crippen molar-refractivity contribution in [2.45, 2.75) is 13.8 Å². The van der Waals surface area contributed by atoms with Gasteiger partial charge in [-0.05, 0) is 12.1 Å². The van der Waals surface area contributed by atoms with Crippen molar-refractivity contribution in [1.82, 2.24) is 4.98 Å². The fourth-order valence-electron chi connectivity index (χ4n) is 1.23. The van der Waals surface area contributed by atoms with E-state index in [1.807, 2.05) is 19.9 Å². The minimum atomic E-state index is 0.130. The topological polar surface area (TPSA) is 56.9 Å². The van der Waals surface area contributed by atoms with Crippen molar-refractivity contribution in [1.29, 1.82) is 5.26 Å². The maximum Gasteiger partial charge on any atom is 0.117 e. The Balaban J connectivity index is 0.000000606. The number of nitriles is 1. The van der Waals surface area contributed by atoms with E-state index >= 15 is 0 Å². The molecule has 0 aliphatic carbocycles. The SMILES string of the molecule is CC.N#Cc1cnc2cc(O)ccc2c1Cl. The first-order valence-corrected chi connectivity index (χ1v) is 5.27. The second kappa shape index (κ2) is 5.34. The van der Waals surface area contributed by atoms with Gasteiger partial charge in [0.2, 0.25) is 0 Å². The Morgan fingerprint density at radius 3 is 2.69 bits per heavy atom. The number of benzene rings is 1. The van der Waals surface area contributed by atoms with Gasteiger partial charge in [0.05, 0.1) is 16.1 Å². The zero-order valence-corrected chi connectivity index (χ0v) is 9.78. The number of aromatic hydroxyl groups is 1. The molecule has 0 amide bonds. The summed E-state index contributed by atoms with van der Waals surface area (Å²) in [7, 11) is 0. The second-order valence-corrected chi connectivity index (χ2v) is 3.18. The molecule has 1 aromatic heterocycles. The van der Waals surface area contributed by atoms with Crippen LogP contribution in [0.1, 0.15) is 19.4 Å². The lowest BCUT2D eigenvalue weighted by Gasteiger charge is -2.01. The molecule has 3 nitrogen and oxygen atoms in total. The van der Waals surface area contributed by atoms with E-state index in [1.54, 1.807) is 6.07 Å². The molecule has 0 spiro atoms. The number of hydrogen-bond acceptors (Lipinski definition) is 3. The standard InChI is InChI=1S/C10H5ClN2O.C2H6/c11-10-6(4-12)5-13-9-3-7(14)1-2-8(9)10;1-2/h1-3,5,14H;1-2H3. The van der Waals surface area contributed by atoms with Gasteiger partial charge in [0.1, 0.15) is 11.8 Å². The average Bonchev–Trinajstić information content (AvgIpc) is 2.32. The number of hydrogen-bond donors (Lipinski definition) is 1. The largest absolute Gasteiger partial charge is 0.508 e. The number of pyridine rings is 1. The van der Waals surface area contributed by atoms with Crippen LogP contribution in [0, 0.1) is 11.3 Å². The van der Waals surface area contributed by atoms with Crippen LogP contribution in [0.3, 0.4) is 0 Å². The fraction of sp³-hybridized carbons (Fsp3) is 0.167. The smallest absolute Gasteiger partial charge is 0.117 e. The monoisotopic (exact) mass is 234 g/mol. The van der Waals surface area contributed by atoms with Crippen molar-refractivity contribution in [2.75, 3.05) is 0 Å². The molecule has 1 N–H and O–H groups in total. The molecule has 2 rings (SSSR count). The lowest BCUT2D eigenvalue weighted by Crippen LogP contribution is -1.84. The van der Waals surface area contributed by atoms with Gasteiger partial charge in [0.25, 0.3) is 0 Å². The Bertz CT molecular complexity index is 546. The van der Waals surface area contributed by atoms with Gasteiger partial charge < -0.3 is 5.11 Å². The third-order valence-corrected chi connectivity index (χ3v) is 2.31. The zero-order valence-electron chi connectivity index (χ0n) is 9.03. The van der Waals surface area contributed by atoms with Gasteiger partial charge in [-0.15, -0.1) is 0 Å². The first-order valence-electron chi connectivity index (χ1n) is 4.89. The predicted octanol–water partition coefficient (Wildman–Crippen LogP) is 3.49. The van der Waals surface area contributed by atoms with E-state index in [9.17, 15) is 5.11 Å². The van der Waals surface area contributed by atoms with Crippen molar-refractivity contribution < 1.29 is 5.11 Å². The summed E-state index contributed by atoms with van der Waals surface area (Å²) in [5.41, 5.74) is 0.916. The van der Waals surface area contributed by atoms with E-state index in [1.165, 1.54) is 18.3 Å². The summed E-state index contributed by atoms with van der Waals surface area (Å²) >= 11 is 5.95. The predicted molar refractivity (Wildman–Crippen MR) is 64.5 cm³/mol. The molecule has 0 aliphatic rings. The normalized spacial score (nSPS) is 9.12. The van der Waals surface area contributed by atoms with Gasteiger partial charge in [-0.2, -0.15) is 5.26 Å². The molecule has 0 saturated heterocycles. The van der Waals surface area contributed by atoms with Gasteiger partial charge in [0, 0.05) is 17.6 Å². The second-order valence-electron chi connectivity index (χ2n) is 2.80. The molecule has 2 aromatic rings. The molecule has 0 bridgehead atoms. The first kappa shape index (κ1) is 12.3. The molecular weight excluding hydrogens is 224 g/mol. The third kappa shape index (κ3) is 2.23. The Morgan fingerprint density at radius 1 is 1.38 bits per heavy atom. The first-order chi connectivity index (χ1) is 7.72. The van der Waals surface area contributed by atoms with Gasteiger partial charge >= 0.3 is 0 Å². The number of halogens is 1. The zero-order chi connectivity index (χ0) is 12.1. The molecule has 0 atom stereocenters. The highest BCUT2D eigenvalue weighted by Gasteiger charge is 2.06. The molecule has 16 heavy (non-hydrogen) atoms. The number of rotatable bonds is 0. The van der Waals surface area contributed by atoms with E-state index in [4.69, 9.17) is 16.9 Å². The van der Waals surface area contributed by atoms with Crippen molar-refractivity contribution in [3.63, 3.8) is 0 Å². The van der Waals surface area contributed by atoms with Crippen LogP contribution in [0.2, 0.25) is 5.02 Å². The van der Waals surface area contributed by atoms with E-state index in [2.05, 4.69) is 4.98 Å². The molecule has 4 heteroatoms. The van der Waals surface area contributed by atoms with Crippen molar-refractivity contribution in [2.24, 2.45) is 0 Å². The Labute approximate surface area is 98.9 Å². The summed E-state index contributed by atoms with van der Waals surface area (Å²) in [5, 5.41) is 19.0. The summed E-state index contributed by atoms with van der Waals surface area (Å²) in [6, 6.07) is 6.60. The summed E-state index contributed by atoms with van der Waals surface area (Å²) in [6.45, 7) is 4.00. The molecule has 1 aromatic carbocycles. The van der Waals surface area contributed by atoms with Crippen LogP contribution in [0.15, 0.2) is 24.4 Å². The molecule has 0 aliphatic heterocycles. The summed E-state index contributed by atoms with van der Waals surface area (Å²) < 4.78 is 0. The molecule has 0 radical (unpaired) electrons. The lowest BCUT2D eigenvalue weighted by molar-refractivity contribution is 0.476. The lowest BCUT2D eigenvalue weighted by atomic mass is 10.1. The van der Waals surface area contributed by atoms with E-state index in [0.29, 0.717) is 21.5 Å². The van der Waals surface area contributed by atoms with Crippen LogP contribution >= 0.6 is 11.6 Å². The maximum absolute atomic E-state index is 9.20. The summed E-state index contributed by atoms with van der Waals surface area (Å²) in [4.78, 5) is 4.01. The highest BCUT2D eigenvalue weighted by molar-refractivity contribution is 6.36. The van der Waals surface area contributed by atoms with Crippen LogP contribution in [0.4, 0.5) is 0 Å². The molecule has 0 fully saturated rings. The number of aromatic nitrogens is 1. The number of phenols is 1. The highest BCUT2D eigenvalue weighted by atomic mass is 35.5. The van der Waals surface area contributed by atoms with Crippen LogP contribution < -0.4 is 0 Å². The molecule has 0 saturated carbocycles. The molecular formula is C12H11ClN2O. The molecule has 82 valence electrons. The van der Waals surface area contributed by atoms with Gasteiger partial charge in [-0.1, -0.05) is 25.4 Å². The summed E-state index contributed by atoms with van der Waals surface area (Å²) in [6.07, 6.45) is 1.39. The van der Waals surface area contributed by atoms with Crippen molar-refractivity contribution in [3.05, 3.63) is 35.0 Å². The number of fused-ring (bicyclic) bond motifs is 1. The van der Waals surface area contributed by atoms with Crippen LogP contribution in [-0.2, 0) is 0 Å². The number of nitrogens with zero attached hydrogens (tertiary/aromatic N) is 2. The van der Waals surface area contributed by atoms with Gasteiger partial charge in [-0.3, -0.25) is 4.98 Å². The molecule has 0 unspecified atom stereocenters. The minimum absolute atomic E-state index is 0.130. The third-order valence-electron chi connectivity index (χ3n) is 1.91. The fourth-order valence-corrected chi connectivity index (χ4v) is 1.48. The van der Waals surface area contributed by atoms with Crippen LogP contribution in [0.25, 0.3) is 10.9 Å². The quantitative estimate of drug-likeness (QED) is 0.759. The minimum Gasteiger partial charge on any atom is -0.508 e. The Morgan fingerprint density at radius 2 is 2.06 bits per heavy atom. The average molecular weight is 235 g/mol. The van der Waals surface area contributed by atoms with Gasteiger partial charge in [-0.25, -0.2) is 0 Å². The van der Waals surface area contributed by atoms with Crippen LogP contribution in [-0.4, -0.2) is 10.1 Å². The van der Waals surface area contributed by atoms with Crippen molar-refractivity contribution >= 4 is 22.5 Å². The van der Waals surface area contributed by atoms with E-state index in [-0.39, 0.29) is 5.75 Å². The van der Waals surface area contributed by atoms with E-state index in [0.717, 1.165) is 0 Å². The van der Waals surface area contributed by atoms with Crippen molar-refractivity contribution in [3.8, 4) is 11.8 Å². The maximum atomic E-state index is 9.20. The Hall–Kier alpha value is -1.79. The Kier molecular flexibility index (Phi) is 4.10. The molecule has 1 heterocycles. The van der Waals surface area contributed by atoms with Crippen LogP contribution in [0.5, 0.6) is 5.75 Å². The summed E-state index contributed by atoms with van der Waals surface area (Å²) in [5.74, 6) is 0.130. The van der Waals surface area contributed by atoms with E-state index < -0.39 is 0 Å².